The van der Waals surface area contributed by atoms with Crippen LogP contribution in [-0.4, -0.2) is 25.1 Å². The molecule has 0 amide bonds. The first-order valence-electron chi connectivity index (χ1n) is 7.44. The third-order valence-corrected chi connectivity index (χ3v) is 6.04. The number of rotatable bonds is 3. The van der Waals surface area contributed by atoms with Gasteiger partial charge in [-0.1, -0.05) is 18.7 Å². The smallest absolute Gasteiger partial charge is 0.259 e. The number of hydrogen-bond acceptors (Lipinski definition) is 7. The molecule has 3 aromatic heterocycles. The molecule has 3 aromatic rings. The van der Waals surface area contributed by atoms with Crippen molar-refractivity contribution in [3.05, 3.63) is 26.6 Å². The van der Waals surface area contributed by atoms with E-state index in [1.165, 1.54) is 22.2 Å². The average molecular weight is 348 g/mol. The van der Waals surface area contributed by atoms with Gasteiger partial charge >= 0.3 is 0 Å². The van der Waals surface area contributed by atoms with E-state index in [1.54, 1.807) is 11.3 Å². The van der Waals surface area contributed by atoms with Gasteiger partial charge in [0.05, 0.1) is 11.1 Å². The van der Waals surface area contributed by atoms with Crippen molar-refractivity contribution in [2.45, 2.75) is 37.1 Å². The first-order chi connectivity index (χ1) is 11.1. The van der Waals surface area contributed by atoms with Crippen molar-refractivity contribution < 1.29 is 0 Å². The zero-order chi connectivity index (χ0) is 16.0. The van der Waals surface area contributed by atoms with Crippen LogP contribution >= 0.6 is 23.1 Å². The lowest BCUT2D eigenvalue weighted by molar-refractivity contribution is 0.509. The summed E-state index contributed by atoms with van der Waals surface area (Å²) in [6, 6.07) is 0. The Hall–Kier alpha value is -1.87. The van der Waals surface area contributed by atoms with Crippen molar-refractivity contribution in [2.75, 3.05) is 5.73 Å². The molecule has 3 heterocycles. The summed E-state index contributed by atoms with van der Waals surface area (Å²) >= 11 is 3.05. The van der Waals surface area contributed by atoms with Crippen molar-refractivity contribution >= 4 is 39.3 Å². The molecule has 0 saturated heterocycles. The average Bonchev–Trinajstić information content (AvgIpc) is 3.07. The maximum Gasteiger partial charge on any atom is 0.259 e. The Morgan fingerprint density at radius 2 is 2.30 bits per heavy atom. The zero-order valence-electron chi connectivity index (χ0n) is 12.5. The van der Waals surface area contributed by atoms with E-state index < -0.39 is 0 Å². The standard InChI is InChI=1S/C14H16N6OS2/c1-6-2-3-7-8(4-6)23-12-10(7)11(21)16-9(17-12)5-22-14-18-13(15)19-20-14/h6H,2-5H2,1H3,(H,16,17,21)(H3,15,18,19,20)/t6-/m1/s1. The highest BCUT2D eigenvalue weighted by molar-refractivity contribution is 7.98. The fraction of sp³-hybridized carbons (Fsp3) is 0.429. The summed E-state index contributed by atoms with van der Waals surface area (Å²) in [5.41, 5.74) is 6.67. The molecule has 0 spiro atoms. The lowest BCUT2D eigenvalue weighted by Gasteiger charge is -2.17. The second kappa shape index (κ2) is 5.64. The highest BCUT2D eigenvalue weighted by Crippen LogP contribution is 2.35. The summed E-state index contributed by atoms with van der Waals surface area (Å²) in [6.07, 6.45) is 3.17. The minimum atomic E-state index is -0.0350. The molecule has 1 aliphatic carbocycles. The Balaban J connectivity index is 1.66. The van der Waals surface area contributed by atoms with Crippen LogP contribution < -0.4 is 11.3 Å². The van der Waals surface area contributed by atoms with Gasteiger partial charge in [0, 0.05) is 4.88 Å². The van der Waals surface area contributed by atoms with Crippen LogP contribution in [0.3, 0.4) is 0 Å². The number of thiophene rings is 1. The number of anilines is 1. The summed E-state index contributed by atoms with van der Waals surface area (Å²) < 4.78 is 0. The van der Waals surface area contributed by atoms with E-state index in [1.807, 2.05) is 0 Å². The maximum absolute atomic E-state index is 12.5. The monoisotopic (exact) mass is 348 g/mol. The first kappa shape index (κ1) is 14.7. The van der Waals surface area contributed by atoms with Crippen molar-refractivity contribution in [3.63, 3.8) is 0 Å². The summed E-state index contributed by atoms with van der Waals surface area (Å²) in [4.78, 5) is 26.2. The summed E-state index contributed by atoms with van der Waals surface area (Å²) in [5.74, 6) is 2.11. The Morgan fingerprint density at radius 1 is 1.43 bits per heavy atom. The molecule has 1 atom stereocenters. The van der Waals surface area contributed by atoms with E-state index in [-0.39, 0.29) is 11.5 Å². The van der Waals surface area contributed by atoms with E-state index in [0.717, 1.165) is 29.5 Å². The number of nitrogen functional groups attached to an aromatic ring is 1. The van der Waals surface area contributed by atoms with E-state index in [0.29, 0.717) is 22.7 Å². The van der Waals surface area contributed by atoms with Crippen LogP contribution in [-0.2, 0) is 18.6 Å². The predicted octanol–water partition coefficient (Wildman–Crippen LogP) is 2.10. The van der Waals surface area contributed by atoms with Gasteiger partial charge in [-0.25, -0.2) is 10.1 Å². The maximum atomic E-state index is 12.5. The van der Waals surface area contributed by atoms with Crippen molar-refractivity contribution in [2.24, 2.45) is 5.92 Å². The van der Waals surface area contributed by atoms with Gasteiger partial charge in [0.15, 0.2) is 0 Å². The van der Waals surface area contributed by atoms with Gasteiger partial charge in [0.2, 0.25) is 11.1 Å². The molecule has 0 aliphatic heterocycles. The van der Waals surface area contributed by atoms with Crippen LogP contribution in [0, 0.1) is 5.92 Å². The SMILES string of the molecule is C[C@@H]1CCc2c(sc3nc(CSc4n[nH]c(N)n4)[nH]c(=O)c23)C1. The van der Waals surface area contributed by atoms with E-state index in [4.69, 9.17) is 5.73 Å². The number of H-pyrrole nitrogens is 2. The second-order valence-corrected chi connectivity index (χ2v) is 7.86. The third-order valence-electron chi connectivity index (χ3n) is 4.03. The molecule has 0 radical (unpaired) electrons. The number of nitrogens with two attached hydrogens (primary N) is 1. The van der Waals surface area contributed by atoms with Crippen LogP contribution in [0.2, 0.25) is 0 Å². The largest absolute Gasteiger partial charge is 0.368 e. The van der Waals surface area contributed by atoms with Crippen LogP contribution in [0.4, 0.5) is 5.95 Å². The van der Waals surface area contributed by atoms with Crippen LogP contribution in [0.15, 0.2) is 9.95 Å². The predicted molar refractivity (Wildman–Crippen MR) is 91.8 cm³/mol. The highest BCUT2D eigenvalue weighted by atomic mass is 32.2. The minimum Gasteiger partial charge on any atom is -0.368 e. The molecule has 0 bridgehead atoms. The van der Waals surface area contributed by atoms with Crippen molar-refractivity contribution in [1.82, 2.24) is 25.1 Å². The molecular formula is C14H16N6OS2. The topological polar surface area (TPSA) is 113 Å². The molecule has 0 fully saturated rings. The fourth-order valence-corrected chi connectivity index (χ4v) is 5.00. The van der Waals surface area contributed by atoms with Gasteiger partial charge in [-0.05, 0) is 30.7 Å². The highest BCUT2D eigenvalue weighted by Gasteiger charge is 2.23. The number of aryl methyl sites for hydroxylation is 1. The molecule has 1 aliphatic rings. The third kappa shape index (κ3) is 2.74. The van der Waals surface area contributed by atoms with Gasteiger partial charge < -0.3 is 10.7 Å². The summed E-state index contributed by atoms with van der Waals surface area (Å²) in [7, 11) is 0. The van der Waals surface area contributed by atoms with Gasteiger partial charge in [-0.2, -0.15) is 4.98 Å². The molecule has 0 saturated carbocycles. The molecule has 9 heteroatoms. The molecular weight excluding hydrogens is 332 g/mol. The minimum absolute atomic E-state index is 0.0350. The zero-order valence-corrected chi connectivity index (χ0v) is 14.2. The molecule has 7 nitrogen and oxygen atoms in total. The Bertz CT molecular complexity index is 927. The number of fused-ring (bicyclic) bond motifs is 3. The van der Waals surface area contributed by atoms with Crippen LogP contribution in [0.25, 0.3) is 10.2 Å². The Kier molecular flexibility index (Phi) is 3.61. The molecule has 0 aromatic carbocycles. The second-order valence-electron chi connectivity index (χ2n) is 5.84. The Morgan fingerprint density at radius 3 is 3.09 bits per heavy atom. The van der Waals surface area contributed by atoms with Crippen LogP contribution in [0.5, 0.6) is 0 Å². The molecule has 4 rings (SSSR count). The van der Waals surface area contributed by atoms with Crippen molar-refractivity contribution in [3.8, 4) is 0 Å². The lowest BCUT2D eigenvalue weighted by Crippen LogP contribution is -2.14. The van der Waals surface area contributed by atoms with E-state index in [9.17, 15) is 4.79 Å². The number of aromatic amines is 2. The molecule has 4 N–H and O–H groups in total. The van der Waals surface area contributed by atoms with Gasteiger partial charge in [0.25, 0.3) is 5.56 Å². The normalized spacial score (nSPS) is 17.5. The number of thioether (sulfide) groups is 1. The van der Waals surface area contributed by atoms with Crippen molar-refractivity contribution in [1.29, 1.82) is 0 Å². The van der Waals surface area contributed by atoms with Gasteiger partial charge in [-0.3, -0.25) is 4.79 Å². The van der Waals surface area contributed by atoms with E-state index >= 15 is 0 Å². The lowest BCUT2D eigenvalue weighted by atomic mass is 9.89. The summed E-state index contributed by atoms with van der Waals surface area (Å²) in [5, 5.41) is 7.88. The quantitative estimate of drug-likeness (QED) is 0.625. The number of aromatic nitrogens is 5. The molecule has 23 heavy (non-hydrogen) atoms. The summed E-state index contributed by atoms with van der Waals surface area (Å²) in [6.45, 7) is 2.26. The fourth-order valence-electron chi connectivity index (χ4n) is 2.92. The van der Waals surface area contributed by atoms with Gasteiger partial charge in [0.1, 0.15) is 10.7 Å². The molecule has 0 unspecified atom stereocenters. The van der Waals surface area contributed by atoms with Crippen LogP contribution in [0.1, 0.15) is 29.6 Å². The number of hydrogen-bond donors (Lipinski definition) is 3. The first-order valence-corrected chi connectivity index (χ1v) is 9.24. The van der Waals surface area contributed by atoms with Gasteiger partial charge in [-0.15, -0.1) is 16.4 Å². The Labute approximate surface area is 140 Å². The van der Waals surface area contributed by atoms with E-state index in [2.05, 4.69) is 32.1 Å². The molecule has 120 valence electrons. The number of nitrogens with zero attached hydrogens (tertiary/aromatic N) is 3. The number of nitrogens with one attached hydrogen (secondary N) is 2.